The minimum atomic E-state index is 0.619. The zero-order valence-corrected chi connectivity index (χ0v) is 7.20. The summed E-state index contributed by atoms with van der Waals surface area (Å²) in [5.74, 6) is 1.01. The molecule has 0 spiro atoms. The first-order chi connectivity index (χ1) is 5.88. The molecule has 1 aliphatic heterocycles. The third-order valence-electron chi connectivity index (χ3n) is 2.37. The van der Waals surface area contributed by atoms with Gasteiger partial charge >= 0.3 is 0 Å². The van der Waals surface area contributed by atoms with Crippen molar-refractivity contribution in [3.05, 3.63) is 18.6 Å². The molecule has 0 saturated carbocycles. The topological polar surface area (TPSA) is 29.0 Å². The second kappa shape index (κ2) is 3.09. The fourth-order valence-corrected chi connectivity index (χ4v) is 1.69. The van der Waals surface area contributed by atoms with Crippen molar-refractivity contribution in [1.82, 2.24) is 9.97 Å². The van der Waals surface area contributed by atoms with Crippen molar-refractivity contribution in [1.29, 1.82) is 0 Å². The van der Waals surface area contributed by atoms with E-state index in [4.69, 9.17) is 0 Å². The molecule has 0 amide bonds. The van der Waals surface area contributed by atoms with Crippen LogP contribution >= 0.6 is 0 Å². The average molecular weight is 162 g/mol. The Hall–Kier alpha value is -1.12. The number of nitrogens with zero attached hydrogens (tertiary/aromatic N) is 3. The van der Waals surface area contributed by atoms with Crippen LogP contribution in [0.15, 0.2) is 12.3 Å². The van der Waals surface area contributed by atoms with Gasteiger partial charge in [0.25, 0.3) is 0 Å². The lowest BCUT2D eigenvalue weighted by Crippen LogP contribution is -2.27. The minimum Gasteiger partial charge on any atom is -0.354 e. The van der Waals surface area contributed by atoms with Crippen LogP contribution < -0.4 is 4.90 Å². The molecule has 1 aliphatic rings. The lowest BCUT2D eigenvalue weighted by atomic mass is 10.2. The number of hydrogen-bond acceptors (Lipinski definition) is 3. The van der Waals surface area contributed by atoms with Crippen LogP contribution in [0.1, 0.15) is 19.8 Å². The predicted molar refractivity (Wildman–Crippen MR) is 46.9 cm³/mol. The smallest absolute Gasteiger partial charge is 0.199 e. The average Bonchev–Trinajstić information content (AvgIpc) is 2.53. The second-order valence-electron chi connectivity index (χ2n) is 3.20. The van der Waals surface area contributed by atoms with Gasteiger partial charge in [0.2, 0.25) is 0 Å². The summed E-state index contributed by atoms with van der Waals surface area (Å²) in [6, 6.07) is 2.56. The molecule has 0 N–H and O–H groups in total. The lowest BCUT2D eigenvalue weighted by Gasteiger charge is -2.21. The van der Waals surface area contributed by atoms with Crippen LogP contribution in [0.5, 0.6) is 0 Å². The maximum atomic E-state index is 4.10. The fraction of sp³-hybridized carbons (Fsp3) is 0.556. The largest absolute Gasteiger partial charge is 0.354 e. The standard InChI is InChI=1S/C9H12N3/c1-8-3-2-6-12(8)9-4-5-10-7-11-9/h4-5,8H,2-3,6H2,1H3. The highest BCUT2D eigenvalue weighted by Crippen LogP contribution is 2.21. The van der Waals surface area contributed by atoms with Gasteiger partial charge in [0, 0.05) is 18.8 Å². The van der Waals surface area contributed by atoms with E-state index >= 15 is 0 Å². The summed E-state index contributed by atoms with van der Waals surface area (Å²) in [4.78, 5) is 10.2. The Balaban J connectivity index is 2.19. The Morgan fingerprint density at radius 2 is 2.58 bits per heavy atom. The summed E-state index contributed by atoms with van der Waals surface area (Å²) in [6.45, 7) is 3.35. The van der Waals surface area contributed by atoms with E-state index in [-0.39, 0.29) is 0 Å². The predicted octanol–water partition coefficient (Wildman–Crippen LogP) is 1.27. The summed E-state index contributed by atoms with van der Waals surface area (Å²) in [6.07, 6.45) is 6.90. The molecule has 12 heavy (non-hydrogen) atoms. The van der Waals surface area contributed by atoms with Crippen LogP contribution in [0, 0.1) is 6.33 Å². The van der Waals surface area contributed by atoms with Gasteiger partial charge in [-0.2, -0.15) is 0 Å². The molecule has 1 aromatic heterocycles. The Kier molecular flexibility index (Phi) is 1.94. The van der Waals surface area contributed by atoms with Gasteiger partial charge in [-0.05, 0) is 25.8 Å². The lowest BCUT2D eigenvalue weighted by molar-refractivity contribution is 0.725. The van der Waals surface area contributed by atoms with E-state index in [0.717, 1.165) is 12.4 Å². The highest BCUT2D eigenvalue weighted by Gasteiger charge is 2.20. The minimum absolute atomic E-state index is 0.619. The number of aromatic nitrogens is 2. The van der Waals surface area contributed by atoms with Crippen LogP contribution in [-0.4, -0.2) is 22.6 Å². The molecule has 0 aliphatic carbocycles. The third kappa shape index (κ3) is 1.26. The molecule has 2 heterocycles. The second-order valence-corrected chi connectivity index (χ2v) is 3.20. The Morgan fingerprint density at radius 1 is 1.67 bits per heavy atom. The highest BCUT2D eigenvalue weighted by molar-refractivity contribution is 5.38. The molecule has 1 atom stereocenters. The van der Waals surface area contributed by atoms with Gasteiger partial charge in [-0.25, -0.2) is 9.97 Å². The fourth-order valence-electron chi connectivity index (χ4n) is 1.69. The summed E-state index contributed by atoms with van der Waals surface area (Å²) in [7, 11) is 0. The highest BCUT2D eigenvalue weighted by atomic mass is 15.2. The monoisotopic (exact) mass is 162 g/mol. The van der Waals surface area contributed by atoms with Gasteiger partial charge in [-0.3, -0.25) is 0 Å². The first-order valence-electron chi connectivity index (χ1n) is 4.33. The molecule has 2 rings (SSSR count). The van der Waals surface area contributed by atoms with E-state index < -0.39 is 0 Å². The summed E-state index contributed by atoms with van der Waals surface area (Å²) in [5, 5.41) is 0. The van der Waals surface area contributed by atoms with Gasteiger partial charge in [-0.15, -0.1) is 0 Å². The molecule has 3 nitrogen and oxygen atoms in total. The van der Waals surface area contributed by atoms with Crippen LogP contribution in [0.4, 0.5) is 5.82 Å². The molecule has 0 bridgehead atoms. The zero-order chi connectivity index (χ0) is 8.39. The Bertz CT molecular complexity index is 247. The normalized spacial score (nSPS) is 23.1. The molecule has 1 unspecified atom stereocenters. The van der Waals surface area contributed by atoms with Gasteiger partial charge < -0.3 is 4.90 Å². The van der Waals surface area contributed by atoms with Crippen molar-refractivity contribution >= 4 is 5.82 Å². The molecular weight excluding hydrogens is 150 g/mol. The van der Waals surface area contributed by atoms with Gasteiger partial charge in [0.15, 0.2) is 6.33 Å². The molecule has 1 radical (unpaired) electrons. The van der Waals surface area contributed by atoms with E-state index in [1.807, 2.05) is 6.07 Å². The van der Waals surface area contributed by atoms with Gasteiger partial charge in [-0.1, -0.05) is 0 Å². The van der Waals surface area contributed by atoms with Crippen molar-refractivity contribution in [3.8, 4) is 0 Å². The Morgan fingerprint density at radius 3 is 3.17 bits per heavy atom. The number of rotatable bonds is 1. The van der Waals surface area contributed by atoms with Crippen molar-refractivity contribution in [3.63, 3.8) is 0 Å². The van der Waals surface area contributed by atoms with E-state index in [2.05, 4.69) is 28.1 Å². The van der Waals surface area contributed by atoms with Crippen molar-refractivity contribution < 1.29 is 0 Å². The first kappa shape index (κ1) is 7.53. The summed E-state index contributed by atoms with van der Waals surface area (Å²) < 4.78 is 0. The maximum Gasteiger partial charge on any atom is 0.199 e. The number of hydrogen-bond donors (Lipinski definition) is 0. The number of anilines is 1. The zero-order valence-electron chi connectivity index (χ0n) is 7.20. The van der Waals surface area contributed by atoms with E-state index in [0.29, 0.717) is 6.04 Å². The molecule has 1 saturated heterocycles. The van der Waals surface area contributed by atoms with Crippen LogP contribution in [0.25, 0.3) is 0 Å². The summed E-state index contributed by atoms with van der Waals surface area (Å²) in [5.41, 5.74) is 0. The van der Waals surface area contributed by atoms with E-state index in [9.17, 15) is 0 Å². The maximum absolute atomic E-state index is 4.10. The molecule has 63 valence electrons. The summed E-state index contributed by atoms with van der Waals surface area (Å²) >= 11 is 0. The molecule has 0 aromatic carbocycles. The molecule has 1 aromatic rings. The van der Waals surface area contributed by atoms with Crippen molar-refractivity contribution in [2.45, 2.75) is 25.8 Å². The van der Waals surface area contributed by atoms with Crippen LogP contribution in [0.3, 0.4) is 0 Å². The van der Waals surface area contributed by atoms with Gasteiger partial charge in [0.1, 0.15) is 5.82 Å². The van der Waals surface area contributed by atoms with Crippen molar-refractivity contribution in [2.24, 2.45) is 0 Å². The van der Waals surface area contributed by atoms with E-state index in [1.165, 1.54) is 12.8 Å². The molecule has 1 fully saturated rings. The van der Waals surface area contributed by atoms with Crippen LogP contribution in [-0.2, 0) is 0 Å². The molecule has 3 heteroatoms. The van der Waals surface area contributed by atoms with Gasteiger partial charge in [0.05, 0.1) is 0 Å². The first-order valence-corrected chi connectivity index (χ1v) is 4.33. The van der Waals surface area contributed by atoms with E-state index in [1.54, 1.807) is 6.20 Å². The Labute approximate surface area is 72.4 Å². The van der Waals surface area contributed by atoms with Crippen LogP contribution in [0.2, 0.25) is 0 Å². The third-order valence-corrected chi connectivity index (χ3v) is 2.37. The quantitative estimate of drug-likeness (QED) is 0.622. The molecular formula is C9H12N3. The van der Waals surface area contributed by atoms with Crippen molar-refractivity contribution in [2.75, 3.05) is 11.4 Å². The SMILES string of the molecule is CC1CCCN1c1ccn[c]n1.